The zero-order chi connectivity index (χ0) is 17.5. The van der Waals surface area contributed by atoms with Crippen LogP contribution in [0, 0.1) is 0 Å². The van der Waals surface area contributed by atoms with E-state index in [0.29, 0.717) is 29.5 Å². The molecule has 1 aromatic carbocycles. The van der Waals surface area contributed by atoms with E-state index in [2.05, 4.69) is 34.4 Å². The van der Waals surface area contributed by atoms with Crippen molar-refractivity contribution in [3.63, 3.8) is 0 Å². The lowest BCUT2D eigenvalue weighted by atomic mass is 10.2. The summed E-state index contributed by atoms with van der Waals surface area (Å²) in [6.07, 6.45) is 2.41. The maximum Gasteiger partial charge on any atom is 0.338 e. The minimum absolute atomic E-state index is 0.263. The number of rotatable bonds is 7. The fourth-order valence-corrected chi connectivity index (χ4v) is 1.99. The second-order valence-electron chi connectivity index (χ2n) is 5.36. The second kappa shape index (κ2) is 8.14. The Balaban J connectivity index is 2.13. The summed E-state index contributed by atoms with van der Waals surface area (Å²) < 4.78 is 4.96. The minimum atomic E-state index is -0.342. The van der Waals surface area contributed by atoms with Crippen molar-refractivity contribution < 1.29 is 9.53 Å². The molecule has 0 fully saturated rings. The Kier molecular flexibility index (Phi) is 5.95. The van der Waals surface area contributed by atoms with Crippen LogP contribution in [0.1, 0.15) is 37.6 Å². The van der Waals surface area contributed by atoms with Gasteiger partial charge < -0.3 is 21.1 Å². The summed E-state index contributed by atoms with van der Waals surface area (Å²) in [6.45, 7) is 6.26. The van der Waals surface area contributed by atoms with E-state index in [1.54, 1.807) is 31.2 Å². The maximum absolute atomic E-state index is 11.7. The van der Waals surface area contributed by atoms with E-state index >= 15 is 0 Å². The van der Waals surface area contributed by atoms with Crippen molar-refractivity contribution in [1.29, 1.82) is 0 Å². The number of nitrogens with one attached hydrogen (secondary N) is 2. The molecule has 1 heterocycles. The molecule has 0 aliphatic rings. The topological polar surface area (TPSA) is 102 Å². The number of nitrogens with zero attached hydrogens (tertiary/aromatic N) is 2. The van der Waals surface area contributed by atoms with Gasteiger partial charge in [0.2, 0.25) is 0 Å². The molecule has 24 heavy (non-hydrogen) atoms. The highest BCUT2D eigenvalue weighted by Gasteiger charge is 2.11. The van der Waals surface area contributed by atoms with E-state index in [4.69, 9.17) is 10.5 Å². The second-order valence-corrected chi connectivity index (χ2v) is 5.36. The Morgan fingerprint density at radius 2 is 1.88 bits per heavy atom. The number of carbonyl (C=O) groups excluding carboxylic acids is 1. The first-order valence-corrected chi connectivity index (χ1v) is 7.96. The van der Waals surface area contributed by atoms with Crippen LogP contribution in [0.4, 0.5) is 23.0 Å². The molecular weight excluding hydrogens is 306 g/mol. The standard InChI is InChI=1S/C17H23N5O2/c1-4-11(3)21-15-14(18)16(20-10-19-15)22-13-8-6-12(7-9-13)17(23)24-5-2/h6-11H,4-5,18H2,1-3H3,(H2,19,20,21,22). The highest BCUT2D eigenvalue weighted by molar-refractivity contribution is 5.90. The fraction of sp³-hybridized carbons (Fsp3) is 0.353. The molecule has 0 aliphatic carbocycles. The molecule has 7 heteroatoms. The molecule has 128 valence electrons. The van der Waals surface area contributed by atoms with Gasteiger partial charge in [-0.25, -0.2) is 14.8 Å². The lowest BCUT2D eigenvalue weighted by molar-refractivity contribution is 0.0526. The smallest absolute Gasteiger partial charge is 0.338 e. The molecule has 4 N–H and O–H groups in total. The number of aromatic nitrogens is 2. The summed E-state index contributed by atoms with van der Waals surface area (Å²) in [6, 6.07) is 7.19. The molecule has 2 aromatic rings. The van der Waals surface area contributed by atoms with Gasteiger partial charge in [0.15, 0.2) is 11.6 Å². The van der Waals surface area contributed by atoms with Crippen molar-refractivity contribution >= 4 is 29.0 Å². The summed E-state index contributed by atoms with van der Waals surface area (Å²) in [5, 5.41) is 6.38. The van der Waals surface area contributed by atoms with Crippen LogP contribution < -0.4 is 16.4 Å². The third-order valence-corrected chi connectivity index (χ3v) is 3.54. The quantitative estimate of drug-likeness (QED) is 0.670. The van der Waals surface area contributed by atoms with Gasteiger partial charge in [0.1, 0.15) is 12.0 Å². The molecule has 1 atom stereocenters. The van der Waals surface area contributed by atoms with Crippen LogP contribution in [0.2, 0.25) is 0 Å². The first-order valence-electron chi connectivity index (χ1n) is 7.96. The van der Waals surface area contributed by atoms with Gasteiger partial charge in [0.25, 0.3) is 0 Å². The molecular formula is C17H23N5O2. The number of carbonyl (C=O) groups is 1. The average Bonchev–Trinajstić information content (AvgIpc) is 2.59. The lowest BCUT2D eigenvalue weighted by Crippen LogP contribution is -2.16. The summed E-state index contributed by atoms with van der Waals surface area (Å²) in [4.78, 5) is 20.0. The largest absolute Gasteiger partial charge is 0.462 e. The monoisotopic (exact) mass is 329 g/mol. The van der Waals surface area contributed by atoms with Gasteiger partial charge in [-0.05, 0) is 44.5 Å². The van der Waals surface area contributed by atoms with E-state index < -0.39 is 0 Å². The van der Waals surface area contributed by atoms with E-state index in [-0.39, 0.29) is 12.0 Å². The van der Waals surface area contributed by atoms with Crippen molar-refractivity contribution in [1.82, 2.24) is 9.97 Å². The van der Waals surface area contributed by atoms with Crippen molar-refractivity contribution in [2.24, 2.45) is 0 Å². The summed E-state index contributed by atoms with van der Waals surface area (Å²) in [7, 11) is 0. The molecule has 0 spiro atoms. The first-order chi connectivity index (χ1) is 11.5. The summed E-state index contributed by atoms with van der Waals surface area (Å²) >= 11 is 0. The molecule has 1 unspecified atom stereocenters. The molecule has 0 aliphatic heterocycles. The predicted molar refractivity (Wildman–Crippen MR) is 95.5 cm³/mol. The first kappa shape index (κ1) is 17.5. The van der Waals surface area contributed by atoms with Gasteiger partial charge >= 0.3 is 5.97 Å². The number of ether oxygens (including phenoxy) is 1. The van der Waals surface area contributed by atoms with Gasteiger partial charge in [-0.1, -0.05) is 6.92 Å². The van der Waals surface area contributed by atoms with Gasteiger partial charge in [0, 0.05) is 11.7 Å². The average molecular weight is 329 g/mol. The third kappa shape index (κ3) is 4.34. The normalized spacial score (nSPS) is 11.6. The number of anilines is 4. The zero-order valence-corrected chi connectivity index (χ0v) is 14.2. The third-order valence-electron chi connectivity index (χ3n) is 3.54. The Hall–Kier alpha value is -2.83. The molecule has 7 nitrogen and oxygen atoms in total. The SMILES string of the molecule is CCOC(=O)c1ccc(Nc2ncnc(NC(C)CC)c2N)cc1. The number of benzene rings is 1. The zero-order valence-electron chi connectivity index (χ0n) is 14.2. The molecule has 0 saturated heterocycles. The number of hydrogen-bond acceptors (Lipinski definition) is 7. The van der Waals surface area contributed by atoms with Crippen LogP contribution in [-0.2, 0) is 4.74 Å². The Morgan fingerprint density at radius 3 is 2.50 bits per heavy atom. The Bertz CT molecular complexity index is 688. The van der Waals surface area contributed by atoms with E-state index in [1.807, 2.05) is 0 Å². The van der Waals surface area contributed by atoms with Crippen LogP contribution in [0.3, 0.4) is 0 Å². The van der Waals surface area contributed by atoms with Crippen LogP contribution in [0.25, 0.3) is 0 Å². The summed E-state index contributed by atoms with van der Waals surface area (Å²) in [5.74, 6) is 0.773. The fourth-order valence-electron chi connectivity index (χ4n) is 1.99. The molecule has 0 bridgehead atoms. The Morgan fingerprint density at radius 1 is 1.21 bits per heavy atom. The minimum Gasteiger partial charge on any atom is -0.462 e. The predicted octanol–water partition coefficient (Wildman–Crippen LogP) is 3.19. The molecule has 1 aromatic heterocycles. The number of nitrogen functional groups attached to an aromatic ring is 1. The highest BCUT2D eigenvalue weighted by Crippen LogP contribution is 2.26. The Labute approximate surface area is 141 Å². The van der Waals surface area contributed by atoms with E-state index in [1.165, 1.54) is 6.33 Å². The van der Waals surface area contributed by atoms with Crippen LogP contribution in [0.5, 0.6) is 0 Å². The number of hydrogen-bond donors (Lipinski definition) is 3. The van der Waals surface area contributed by atoms with Crippen molar-refractivity contribution in [2.75, 3.05) is 23.0 Å². The number of esters is 1. The summed E-state index contributed by atoms with van der Waals surface area (Å²) in [5.41, 5.74) is 7.84. The molecule has 0 radical (unpaired) electrons. The van der Waals surface area contributed by atoms with Crippen molar-refractivity contribution in [3.8, 4) is 0 Å². The van der Waals surface area contributed by atoms with Gasteiger partial charge in [-0.15, -0.1) is 0 Å². The molecule has 0 amide bonds. The van der Waals surface area contributed by atoms with Gasteiger partial charge in [-0.3, -0.25) is 0 Å². The molecule has 2 rings (SSSR count). The van der Waals surface area contributed by atoms with Gasteiger partial charge in [-0.2, -0.15) is 0 Å². The highest BCUT2D eigenvalue weighted by atomic mass is 16.5. The lowest BCUT2D eigenvalue weighted by Gasteiger charge is -2.16. The maximum atomic E-state index is 11.7. The molecule has 0 saturated carbocycles. The van der Waals surface area contributed by atoms with Gasteiger partial charge in [0.05, 0.1) is 12.2 Å². The van der Waals surface area contributed by atoms with Crippen molar-refractivity contribution in [3.05, 3.63) is 36.2 Å². The van der Waals surface area contributed by atoms with Crippen LogP contribution in [-0.4, -0.2) is 28.6 Å². The van der Waals surface area contributed by atoms with Crippen LogP contribution in [0.15, 0.2) is 30.6 Å². The van der Waals surface area contributed by atoms with Crippen molar-refractivity contribution in [2.45, 2.75) is 33.2 Å². The van der Waals surface area contributed by atoms with E-state index in [9.17, 15) is 4.79 Å². The number of nitrogens with two attached hydrogens (primary N) is 1. The van der Waals surface area contributed by atoms with Crippen LogP contribution >= 0.6 is 0 Å². The van der Waals surface area contributed by atoms with E-state index in [0.717, 1.165) is 12.1 Å².